The molecule has 0 bridgehead atoms. The summed E-state index contributed by atoms with van der Waals surface area (Å²) < 4.78 is 1.57. The fraction of sp³-hybridized carbons (Fsp3) is 0.455. The summed E-state index contributed by atoms with van der Waals surface area (Å²) in [5, 5.41) is 11.8. The molecule has 0 spiro atoms. The number of carbonyl (C=O) groups is 2. The summed E-state index contributed by atoms with van der Waals surface area (Å²) in [5.41, 5.74) is -0.425. The van der Waals surface area contributed by atoms with Crippen LogP contribution in [0.1, 0.15) is 30.6 Å². The standard InChI is InChI=1S/C11H13Br2NO3S/c1-3-11(2,10(16)17)5-14-9(15)6-4-7(12)18-8(6)13/h4H,3,5H2,1-2H3,(H,14,15)(H,16,17). The molecule has 1 atom stereocenters. The number of aliphatic carboxylic acids is 1. The molecule has 0 aliphatic heterocycles. The number of carboxylic acids is 1. The monoisotopic (exact) mass is 397 g/mol. The molecule has 0 aliphatic carbocycles. The normalized spacial score (nSPS) is 14.0. The minimum atomic E-state index is -0.935. The first-order valence-corrected chi connectivity index (χ1v) is 7.67. The van der Waals surface area contributed by atoms with Crippen molar-refractivity contribution in [3.63, 3.8) is 0 Å². The number of amides is 1. The van der Waals surface area contributed by atoms with E-state index in [1.54, 1.807) is 19.9 Å². The van der Waals surface area contributed by atoms with Crippen LogP contribution in [0.3, 0.4) is 0 Å². The van der Waals surface area contributed by atoms with E-state index in [1.807, 2.05) is 0 Å². The highest BCUT2D eigenvalue weighted by Crippen LogP contribution is 2.32. The number of carboxylic acid groups (broad SMARTS) is 1. The number of nitrogens with one attached hydrogen (secondary N) is 1. The van der Waals surface area contributed by atoms with Crippen molar-refractivity contribution in [1.82, 2.24) is 5.32 Å². The maximum absolute atomic E-state index is 11.9. The van der Waals surface area contributed by atoms with Gasteiger partial charge in [0.15, 0.2) is 0 Å². The zero-order chi connectivity index (χ0) is 13.9. The molecule has 0 aromatic carbocycles. The Morgan fingerprint density at radius 3 is 2.50 bits per heavy atom. The summed E-state index contributed by atoms with van der Waals surface area (Å²) in [6.45, 7) is 3.52. The second-order valence-corrected chi connectivity index (χ2v) is 7.89. The van der Waals surface area contributed by atoms with Crippen molar-refractivity contribution in [1.29, 1.82) is 0 Å². The summed E-state index contributed by atoms with van der Waals surface area (Å²) in [6, 6.07) is 1.70. The van der Waals surface area contributed by atoms with Crippen LogP contribution in [0.25, 0.3) is 0 Å². The van der Waals surface area contributed by atoms with Gasteiger partial charge in [0.1, 0.15) is 0 Å². The molecule has 0 saturated heterocycles. The number of thiophene rings is 1. The first-order valence-electron chi connectivity index (χ1n) is 5.26. The van der Waals surface area contributed by atoms with Gasteiger partial charge in [-0.05, 0) is 51.3 Å². The van der Waals surface area contributed by atoms with Crippen LogP contribution in [-0.4, -0.2) is 23.5 Å². The Hall–Kier alpha value is -0.400. The predicted molar refractivity (Wildman–Crippen MR) is 78.1 cm³/mol. The van der Waals surface area contributed by atoms with E-state index in [-0.39, 0.29) is 12.5 Å². The Labute approximate surface area is 126 Å². The van der Waals surface area contributed by atoms with E-state index in [1.165, 1.54) is 11.3 Å². The molecule has 1 rings (SSSR count). The highest BCUT2D eigenvalue weighted by Gasteiger charge is 2.31. The van der Waals surface area contributed by atoms with Gasteiger partial charge in [-0.15, -0.1) is 11.3 Å². The molecule has 0 fully saturated rings. The smallest absolute Gasteiger partial charge is 0.311 e. The van der Waals surface area contributed by atoms with Crippen molar-refractivity contribution in [2.45, 2.75) is 20.3 Å². The van der Waals surface area contributed by atoms with Crippen LogP contribution in [0.15, 0.2) is 13.6 Å². The van der Waals surface area contributed by atoms with Gasteiger partial charge in [-0.3, -0.25) is 9.59 Å². The van der Waals surface area contributed by atoms with Gasteiger partial charge in [0.2, 0.25) is 0 Å². The Balaban J connectivity index is 2.72. The Kier molecular flexibility index (Phi) is 5.36. The fourth-order valence-corrected chi connectivity index (χ4v) is 4.01. The molecular formula is C11H13Br2NO3S. The van der Waals surface area contributed by atoms with Crippen LogP contribution >= 0.6 is 43.2 Å². The number of rotatable bonds is 5. The number of hydrogen-bond acceptors (Lipinski definition) is 3. The van der Waals surface area contributed by atoms with E-state index in [9.17, 15) is 9.59 Å². The lowest BCUT2D eigenvalue weighted by Gasteiger charge is -2.23. The zero-order valence-electron chi connectivity index (χ0n) is 9.92. The third-order valence-electron chi connectivity index (χ3n) is 2.84. The maximum atomic E-state index is 11.9. The van der Waals surface area contributed by atoms with Crippen molar-refractivity contribution >= 4 is 55.1 Å². The average Bonchev–Trinajstić information content (AvgIpc) is 2.64. The molecule has 1 unspecified atom stereocenters. The van der Waals surface area contributed by atoms with Crippen LogP contribution < -0.4 is 5.32 Å². The van der Waals surface area contributed by atoms with E-state index in [2.05, 4.69) is 37.2 Å². The van der Waals surface area contributed by atoms with E-state index in [0.717, 1.165) is 7.57 Å². The van der Waals surface area contributed by atoms with Gasteiger partial charge in [-0.2, -0.15) is 0 Å². The van der Waals surface area contributed by atoms with Crippen molar-refractivity contribution in [3.8, 4) is 0 Å². The minimum Gasteiger partial charge on any atom is -0.481 e. The van der Waals surface area contributed by atoms with Crippen LogP contribution in [0.2, 0.25) is 0 Å². The Bertz CT molecular complexity index is 475. The Morgan fingerprint density at radius 1 is 1.50 bits per heavy atom. The molecule has 0 radical (unpaired) electrons. The molecule has 0 saturated carbocycles. The molecular weight excluding hydrogens is 386 g/mol. The summed E-state index contributed by atoms with van der Waals surface area (Å²) in [4.78, 5) is 23.0. The lowest BCUT2D eigenvalue weighted by molar-refractivity contribution is -0.147. The first-order chi connectivity index (χ1) is 8.30. The molecule has 1 heterocycles. The van der Waals surface area contributed by atoms with Gasteiger partial charge < -0.3 is 10.4 Å². The highest BCUT2D eigenvalue weighted by molar-refractivity contribution is 9.12. The topological polar surface area (TPSA) is 66.4 Å². The van der Waals surface area contributed by atoms with Gasteiger partial charge in [0.05, 0.1) is 18.6 Å². The first kappa shape index (κ1) is 15.7. The number of carbonyl (C=O) groups excluding carboxylic acids is 1. The van der Waals surface area contributed by atoms with Crippen LogP contribution in [0.5, 0.6) is 0 Å². The SMILES string of the molecule is CCC(C)(CNC(=O)c1cc(Br)sc1Br)C(=O)O. The van der Waals surface area contributed by atoms with Crippen LogP contribution in [0, 0.1) is 5.41 Å². The average molecular weight is 399 g/mol. The number of hydrogen-bond donors (Lipinski definition) is 2. The van der Waals surface area contributed by atoms with Gasteiger partial charge in [-0.1, -0.05) is 6.92 Å². The van der Waals surface area contributed by atoms with Crippen molar-refractivity contribution in [3.05, 3.63) is 19.2 Å². The zero-order valence-corrected chi connectivity index (χ0v) is 13.9. The molecule has 2 N–H and O–H groups in total. The summed E-state index contributed by atoms with van der Waals surface area (Å²) >= 11 is 7.99. The van der Waals surface area contributed by atoms with Crippen molar-refractivity contribution < 1.29 is 14.7 Å². The van der Waals surface area contributed by atoms with Gasteiger partial charge in [0, 0.05) is 6.54 Å². The lowest BCUT2D eigenvalue weighted by atomic mass is 9.87. The molecule has 4 nitrogen and oxygen atoms in total. The molecule has 1 aromatic heterocycles. The van der Waals surface area contributed by atoms with E-state index in [4.69, 9.17) is 5.11 Å². The third-order valence-corrected chi connectivity index (χ3v) is 5.18. The molecule has 18 heavy (non-hydrogen) atoms. The van der Waals surface area contributed by atoms with Crippen molar-refractivity contribution in [2.24, 2.45) is 5.41 Å². The minimum absolute atomic E-state index is 0.109. The van der Waals surface area contributed by atoms with Crippen LogP contribution in [-0.2, 0) is 4.79 Å². The molecule has 1 aromatic rings. The van der Waals surface area contributed by atoms with Crippen molar-refractivity contribution in [2.75, 3.05) is 6.54 Å². The molecule has 7 heteroatoms. The van der Waals surface area contributed by atoms with Gasteiger partial charge in [0.25, 0.3) is 5.91 Å². The largest absolute Gasteiger partial charge is 0.481 e. The highest BCUT2D eigenvalue weighted by atomic mass is 79.9. The summed E-state index contributed by atoms with van der Waals surface area (Å²) in [5.74, 6) is -1.18. The molecule has 100 valence electrons. The quantitative estimate of drug-likeness (QED) is 0.797. The number of halogens is 2. The Morgan fingerprint density at radius 2 is 2.11 bits per heavy atom. The second-order valence-electron chi connectivity index (χ2n) is 4.14. The van der Waals surface area contributed by atoms with Gasteiger partial charge in [-0.25, -0.2) is 0 Å². The van der Waals surface area contributed by atoms with E-state index >= 15 is 0 Å². The lowest BCUT2D eigenvalue weighted by Crippen LogP contribution is -2.40. The molecule has 0 aliphatic rings. The van der Waals surface area contributed by atoms with Gasteiger partial charge >= 0.3 is 5.97 Å². The fourth-order valence-electron chi connectivity index (χ4n) is 1.22. The third kappa shape index (κ3) is 3.55. The summed E-state index contributed by atoms with van der Waals surface area (Å²) in [7, 11) is 0. The second kappa shape index (κ2) is 6.16. The molecule has 1 amide bonds. The maximum Gasteiger partial charge on any atom is 0.311 e. The van der Waals surface area contributed by atoms with Crippen LogP contribution in [0.4, 0.5) is 0 Å². The van der Waals surface area contributed by atoms with E-state index < -0.39 is 11.4 Å². The predicted octanol–water partition coefficient (Wildman–Crippen LogP) is 3.50. The van der Waals surface area contributed by atoms with E-state index in [0.29, 0.717) is 12.0 Å². The summed E-state index contributed by atoms with van der Waals surface area (Å²) in [6.07, 6.45) is 0.455.